The lowest BCUT2D eigenvalue weighted by atomic mass is 10.2. The van der Waals surface area contributed by atoms with Crippen LogP contribution >= 0.6 is 54.8 Å². The Labute approximate surface area is 107 Å². The summed E-state index contributed by atoms with van der Waals surface area (Å²) in [4.78, 5) is 4.33. The van der Waals surface area contributed by atoms with Gasteiger partial charge in [-0.05, 0) is 28.1 Å². The minimum absolute atomic E-state index is 0.718. The van der Waals surface area contributed by atoms with Crippen molar-refractivity contribution in [1.29, 1.82) is 0 Å². The normalized spacial score (nSPS) is 10.5. The first-order chi connectivity index (χ1) is 6.66. The Morgan fingerprint density at radius 2 is 2.07 bits per heavy atom. The van der Waals surface area contributed by atoms with E-state index >= 15 is 0 Å². The standard InChI is InChI=1S/C9H4Br2ClNS/c10-7-3-5(12)1-2-6(7)8-4-14-9(11)13-8/h1-4H. The summed E-state index contributed by atoms with van der Waals surface area (Å²) in [7, 11) is 0. The topological polar surface area (TPSA) is 12.9 Å². The van der Waals surface area contributed by atoms with E-state index in [0.717, 1.165) is 24.7 Å². The minimum atomic E-state index is 0.718. The number of halogens is 3. The Kier molecular flexibility index (Phi) is 3.27. The molecule has 0 atom stereocenters. The SMILES string of the molecule is Clc1ccc(-c2csc(Br)n2)c(Br)c1. The first-order valence-electron chi connectivity index (χ1n) is 3.73. The summed E-state index contributed by atoms with van der Waals surface area (Å²) >= 11 is 14.2. The summed E-state index contributed by atoms with van der Waals surface area (Å²) in [5.41, 5.74) is 2.00. The number of hydrogen-bond donors (Lipinski definition) is 0. The van der Waals surface area contributed by atoms with Gasteiger partial charge in [0, 0.05) is 20.4 Å². The average Bonchev–Trinajstić information content (AvgIpc) is 2.51. The van der Waals surface area contributed by atoms with Gasteiger partial charge in [-0.2, -0.15) is 0 Å². The van der Waals surface area contributed by atoms with Crippen LogP contribution in [0.5, 0.6) is 0 Å². The lowest BCUT2D eigenvalue weighted by Crippen LogP contribution is -1.79. The smallest absolute Gasteiger partial charge is 0.159 e. The number of thiazole rings is 1. The van der Waals surface area contributed by atoms with Crippen LogP contribution < -0.4 is 0 Å². The van der Waals surface area contributed by atoms with Gasteiger partial charge < -0.3 is 0 Å². The highest BCUT2D eigenvalue weighted by molar-refractivity contribution is 9.11. The highest BCUT2D eigenvalue weighted by atomic mass is 79.9. The summed E-state index contributed by atoms with van der Waals surface area (Å²) in [6.45, 7) is 0. The van der Waals surface area contributed by atoms with Crippen molar-refractivity contribution in [1.82, 2.24) is 4.98 Å². The van der Waals surface area contributed by atoms with Crippen molar-refractivity contribution in [2.24, 2.45) is 0 Å². The molecule has 0 saturated carbocycles. The predicted octanol–water partition coefficient (Wildman–Crippen LogP) is 4.99. The maximum atomic E-state index is 5.85. The third-order valence-electron chi connectivity index (χ3n) is 1.68. The number of nitrogens with zero attached hydrogens (tertiary/aromatic N) is 1. The van der Waals surface area contributed by atoms with Crippen LogP contribution in [0, 0.1) is 0 Å². The summed E-state index contributed by atoms with van der Waals surface area (Å²) in [6, 6.07) is 5.67. The molecular formula is C9H4Br2ClNS. The average molecular weight is 353 g/mol. The van der Waals surface area contributed by atoms with E-state index in [1.807, 2.05) is 23.6 Å². The molecule has 14 heavy (non-hydrogen) atoms. The molecule has 2 aromatic rings. The fourth-order valence-electron chi connectivity index (χ4n) is 1.07. The third-order valence-corrected chi connectivity index (χ3v) is 3.94. The van der Waals surface area contributed by atoms with Crippen LogP contribution in [0.1, 0.15) is 0 Å². The molecule has 0 bridgehead atoms. The zero-order valence-electron chi connectivity index (χ0n) is 6.80. The summed E-state index contributed by atoms with van der Waals surface area (Å²) < 4.78 is 1.84. The molecule has 0 aliphatic rings. The van der Waals surface area contributed by atoms with Crippen molar-refractivity contribution in [3.63, 3.8) is 0 Å². The first-order valence-corrected chi connectivity index (χ1v) is 6.57. The fourth-order valence-corrected chi connectivity index (χ4v) is 2.97. The minimum Gasteiger partial charge on any atom is -0.229 e. The van der Waals surface area contributed by atoms with E-state index in [2.05, 4.69) is 36.8 Å². The van der Waals surface area contributed by atoms with E-state index in [4.69, 9.17) is 11.6 Å². The van der Waals surface area contributed by atoms with Gasteiger partial charge >= 0.3 is 0 Å². The lowest BCUT2D eigenvalue weighted by molar-refractivity contribution is 1.37. The largest absolute Gasteiger partial charge is 0.229 e. The summed E-state index contributed by atoms with van der Waals surface area (Å²) in [5, 5.41) is 2.72. The van der Waals surface area contributed by atoms with Crippen molar-refractivity contribution in [2.45, 2.75) is 0 Å². The van der Waals surface area contributed by atoms with E-state index < -0.39 is 0 Å². The predicted molar refractivity (Wildman–Crippen MR) is 68.0 cm³/mol. The lowest BCUT2D eigenvalue weighted by Gasteiger charge is -2.00. The molecule has 72 valence electrons. The van der Waals surface area contributed by atoms with Crippen LogP contribution in [0.3, 0.4) is 0 Å². The van der Waals surface area contributed by atoms with E-state index in [9.17, 15) is 0 Å². The van der Waals surface area contributed by atoms with Crippen LogP contribution in [0.2, 0.25) is 5.02 Å². The van der Waals surface area contributed by atoms with Crippen LogP contribution in [-0.4, -0.2) is 4.98 Å². The second-order valence-corrected chi connectivity index (χ2v) is 6.03. The molecule has 1 heterocycles. The van der Waals surface area contributed by atoms with Gasteiger partial charge in [0.15, 0.2) is 3.92 Å². The van der Waals surface area contributed by atoms with Gasteiger partial charge in [0.1, 0.15) is 0 Å². The molecule has 5 heteroatoms. The van der Waals surface area contributed by atoms with Crippen molar-refractivity contribution < 1.29 is 0 Å². The van der Waals surface area contributed by atoms with E-state index in [1.54, 1.807) is 11.3 Å². The van der Waals surface area contributed by atoms with Crippen LogP contribution in [0.25, 0.3) is 11.3 Å². The number of aromatic nitrogens is 1. The molecule has 0 amide bonds. The second-order valence-electron chi connectivity index (χ2n) is 2.61. The van der Waals surface area contributed by atoms with E-state index in [0.29, 0.717) is 0 Å². The maximum Gasteiger partial charge on any atom is 0.159 e. The number of hydrogen-bond acceptors (Lipinski definition) is 2. The molecule has 0 spiro atoms. The fraction of sp³-hybridized carbons (Fsp3) is 0. The highest BCUT2D eigenvalue weighted by Crippen LogP contribution is 2.32. The highest BCUT2D eigenvalue weighted by Gasteiger charge is 2.06. The first kappa shape index (κ1) is 10.6. The molecule has 2 rings (SSSR count). The van der Waals surface area contributed by atoms with Gasteiger partial charge in [0.25, 0.3) is 0 Å². The number of rotatable bonds is 1. The van der Waals surface area contributed by atoms with Gasteiger partial charge in [-0.15, -0.1) is 11.3 Å². The molecule has 1 nitrogen and oxygen atoms in total. The molecule has 0 fully saturated rings. The zero-order valence-corrected chi connectivity index (χ0v) is 11.5. The molecule has 0 aliphatic heterocycles. The molecule has 1 aromatic heterocycles. The number of benzene rings is 1. The van der Waals surface area contributed by atoms with Gasteiger partial charge in [-0.1, -0.05) is 33.6 Å². The molecular weight excluding hydrogens is 349 g/mol. The van der Waals surface area contributed by atoms with Crippen molar-refractivity contribution in [2.75, 3.05) is 0 Å². The Balaban J connectivity index is 2.52. The van der Waals surface area contributed by atoms with Gasteiger partial charge in [0.2, 0.25) is 0 Å². The van der Waals surface area contributed by atoms with E-state index in [1.165, 1.54) is 0 Å². The zero-order chi connectivity index (χ0) is 10.1. The van der Waals surface area contributed by atoms with Crippen LogP contribution in [0.4, 0.5) is 0 Å². The van der Waals surface area contributed by atoms with Gasteiger partial charge in [-0.25, -0.2) is 4.98 Å². The Hall–Kier alpha value is 0.1000. The molecule has 0 aliphatic carbocycles. The maximum absolute atomic E-state index is 5.85. The molecule has 0 saturated heterocycles. The quantitative estimate of drug-likeness (QED) is 0.704. The Morgan fingerprint density at radius 3 is 2.64 bits per heavy atom. The molecule has 1 aromatic carbocycles. The van der Waals surface area contributed by atoms with E-state index in [-0.39, 0.29) is 0 Å². The second kappa shape index (κ2) is 4.31. The molecule has 0 N–H and O–H groups in total. The van der Waals surface area contributed by atoms with Crippen molar-refractivity contribution in [3.05, 3.63) is 37.0 Å². The molecule has 0 unspecified atom stereocenters. The monoisotopic (exact) mass is 351 g/mol. The van der Waals surface area contributed by atoms with Crippen molar-refractivity contribution in [3.8, 4) is 11.3 Å². The van der Waals surface area contributed by atoms with Crippen molar-refractivity contribution >= 4 is 54.8 Å². The summed E-state index contributed by atoms with van der Waals surface area (Å²) in [6.07, 6.45) is 0. The van der Waals surface area contributed by atoms with Gasteiger partial charge in [0.05, 0.1) is 5.69 Å². The Morgan fingerprint density at radius 1 is 1.29 bits per heavy atom. The van der Waals surface area contributed by atoms with Crippen LogP contribution in [-0.2, 0) is 0 Å². The third kappa shape index (κ3) is 2.19. The summed E-state index contributed by atoms with van der Waals surface area (Å²) in [5.74, 6) is 0. The Bertz CT molecular complexity index is 470. The molecule has 0 radical (unpaired) electrons. The van der Waals surface area contributed by atoms with Crippen LogP contribution in [0.15, 0.2) is 32.0 Å². The van der Waals surface area contributed by atoms with Gasteiger partial charge in [-0.3, -0.25) is 0 Å².